The van der Waals surface area contributed by atoms with Crippen LogP contribution in [0.25, 0.3) is 10.9 Å². The first-order valence-electron chi connectivity index (χ1n) is 10.7. The van der Waals surface area contributed by atoms with Gasteiger partial charge in [-0.2, -0.15) is 5.10 Å². The lowest BCUT2D eigenvalue weighted by Crippen LogP contribution is -2.35. The molecule has 1 atom stereocenters. The van der Waals surface area contributed by atoms with E-state index in [1.165, 1.54) is 35.4 Å². The van der Waals surface area contributed by atoms with E-state index >= 15 is 4.39 Å². The Balaban J connectivity index is 1.61. The second-order valence-corrected chi connectivity index (χ2v) is 8.94. The minimum absolute atomic E-state index is 0.0466. The van der Waals surface area contributed by atoms with Gasteiger partial charge in [-0.05, 0) is 58.7 Å². The number of carbonyl (C=O) groups excluding carboxylic acids is 1. The van der Waals surface area contributed by atoms with Crippen molar-refractivity contribution in [2.75, 3.05) is 5.73 Å². The molecule has 11 heteroatoms. The fourth-order valence-corrected chi connectivity index (χ4v) is 4.36. The number of hydrogen-bond acceptors (Lipinski definition) is 7. The van der Waals surface area contributed by atoms with Crippen molar-refractivity contribution in [3.05, 3.63) is 86.9 Å². The molecule has 4 heterocycles. The predicted octanol–water partition coefficient (Wildman–Crippen LogP) is 4.48. The van der Waals surface area contributed by atoms with E-state index in [2.05, 4.69) is 36.1 Å². The van der Waals surface area contributed by atoms with E-state index in [1.54, 1.807) is 19.1 Å². The van der Waals surface area contributed by atoms with Gasteiger partial charge in [-0.1, -0.05) is 0 Å². The van der Waals surface area contributed by atoms with Gasteiger partial charge in [0.25, 0.3) is 5.91 Å². The fourth-order valence-electron chi connectivity index (χ4n) is 4.15. The van der Waals surface area contributed by atoms with Crippen LogP contribution in [0.15, 0.2) is 47.2 Å². The number of rotatable bonds is 5. The molecule has 1 aromatic carbocycles. The molecule has 0 fully saturated rings. The van der Waals surface area contributed by atoms with Gasteiger partial charge in [0.2, 0.25) is 0 Å². The Morgan fingerprint density at radius 1 is 1.17 bits per heavy atom. The number of hydrogen-bond donors (Lipinski definition) is 1. The summed E-state index contributed by atoms with van der Waals surface area (Å²) < 4.78 is 35.9. The molecule has 1 amide bonds. The zero-order valence-electron chi connectivity index (χ0n) is 18.5. The molecule has 4 aromatic rings. The first-order valence-corrected chi connectivity index (χ1v) is 11.5. The summed E-state index contributed by atoms with van der Waals surface area (Å²) in [6, 6.07) is 7.87. The number of pyridine rings is 2. The lowest BCUT2D eigenvalue weighted by Gasteiger charge is -2.29. The van der Waals surface area contributed by atoms with Crippen LogP contribution >= 0.6 is 15.9 Å². The summed E-state index contributed by atoms with van der Waals surface area (Å²) in [7, 11) is 0. The van der Waals surface area contributed by atoms with Crippen molar-refractivity contribution in [2.24, 2.45) is 0 Å². The molecular weight excluding hydrogens is 522 g/mol. The summed E-state index contributed by atoms with van der Waals surface area (Å²) in [6.45, 7) is 2.16. The van der Waals surface area contributed by atoms with E-state index in [-0.39, 0.29) is 30.2 Å². The number of amides is 1. The van der Waals surface area contributed by atoms with Crippen LogP contribution < -0.4 is 5.73 Å². The standard InChI is InChI=1S/C24H19BrF2N6O2/c1-12(22-18(26)3-2-6-29-22)33(9-13-4-5-21(25)32-31-13)24(34)15-7-14-16-10-35-11-17(16)23(28)30-20(14)8-19(15)27/h2-8,12H,9-11H2,1H3,(H2,28,30). The van der Waals surface area contributed by atoms with Gasteiger partial charge in [-0.3, -0.25) is 9.78 Å². The Morgan fingerprint density at radius 3 is 2.71 bits per heavy atom. The van der Waals surface area contributed by atoms with Crippen molar-refractivity contribution in [1.29, 1.82) is 0 Å². The number of ether oxygens (including phenoxy) is 1. The number of carbonyl (C=O) groups is 1. The number of nitrogens with two attached hydrogens (primary N) is 1. The van der Waals surface area contributed by atoms with Crippen LogP contribution in [0.3, 0.4) is 0 Å². The molecule has 0 aliphatic carbocycles. The van der Waals surface area contributed by atoms with E-state index in [9.17, 15) is 9.18 Å². The van der Waals surface area contributed by atoms with Crippen LogP contribution in [0.2, 0.25) is 0 Å². The summed E-state index contributed by atoms with van der Waals surface area (Å²) >= 11 is 3.23. The largest absolute Gasteiger partial charge is 0.383 e. The highest BCUT2D eigenvalue weighted by atomic mass is 79.9. The third kappa shape index (κ3) is 4.32. The monoisotopic (exact) mass is 540 g/mol. The topological polar surface area (TPSA) is 107 Å². The van der Waals surface area contributed by atoms with Crippen molar-refractivity contribution in [3.63, 3.8) is 0 Å². The first kappa shape index (κ1) is 23.2. The molecule has 1 aliphatic rings. The number of benzene rings is 1. The van der Waals surface area contributed by atoms with E-state index in [0.29, 0.717) is 27.8 Å². The van der Waals surface area contributed by atoms with Crippen LogP contribution in [0.5, 0.6) is 0 Å². The minimum Gasteiger partial charge on any atom is -0.383 e. The van der Waals surface area contributed by atoms with Crippen molar-refractivity contribution >= 4 is 38.6 Å². The highest BCUT2D eigenvalue weighted by molar-refractivity contribution is 9.10. The van der Waals surface area contributed by atoms with Gasteiger partial charge in [0.15, 0.2) is 0 Å². The molecule has 35 heavy (non-hydrogen) atoms. The third-order valence-electron chi connectivity index (χ3n) is 5.98. The van der Waals surface area contributed by atoms with E-state index < -0.39 is 23.6 Å². The normalized spacial score (nSPS) is 13.6. The predicted molar refractivity (Wildman–Crippen MR) is 127 cm³/mol. The van der Waals surface area contributed by atoms with Gasteiger partial charge in [-0.25, -0.2) is 13.8 Å². The summed E-state index contributed by atoms with van der Waals surface area (Å²) in [5.41, 5.74) is 8.14. The van der Waals surface area contributed by atoms with Crippen molar-refractivity contribution in [1.82, 2.24) is 25.1 Å². The van der Waals surface area contributed by atoms with Crippen LogP contribution in [0, 0.1) is 11.6 Å². The Kier molecular flexibility index (Phi) is 6.12. The number of aromatic nitrogens is 4. The molecule has 1 unspecified atom stereocenters. The lowest BCUT2D eigenvalue weighted by molar-refractivity contribution is 0.0659. The van der Waals surface area contributed by atoms with Crippen LogP contribution in [-0.4, -0.2) is 31.0 Å². The molecule has 178 valence electrons. The fraction of sp³-hybridized carbons (Fsp3) is 0.208. The van der Waals surface area contributed by atoms with E-state index in [0.717, 1.165) is 11.1 Å². The molecule has 2 N–H and O–H groups in total. The average Bonchev–Trinajstić information content (AvgIpc) is 3.34. The highest BCUT2D eigenvalue weighted by Gasteiger charge is 2.30. The van der Waals surface area contributed by atoms with Crippen LogP contribution in [0.1, 0.15) is 45.8 Å². The zero-order valence-corrected chi connectivity index (χ0v) is 20.1. The Morgan fingerprint density at radius 2 is 1.97 bits per heavy atom. The maximum absolute atomic E-state index is 15.3. The van der Waals surface area contributed by atoms with Gasteiger partial charge in [0.05, 0.1) is 48.3 Å². The van der Waals surface area contributed by atoms with Gasteiger partial charge >= 0.3 is 0 Å². The van der Waals surface area contributed by atoms with Crippen molar-refractivity contribution in [3.8, 4) is 0 Å². The third-order valence-corrected chi connectivity index (χ3v) is 6.40. The molecule has 8 nitrogen and oxygen atoms in total. The number of anilines is 1. The molecule has 0 radical (unpaired) electrons. The molecule has 0 spiro atoms. The molecular formula is C24H19BrF2N6O2. The van der Waals surface area contributed by atoms with Gasteiger partial charge < -0.3 is 15.4 Å². The SMILES string of the molecule is CC(c1ncccc1F)N(Cc1ccc(Br)nn1)C(=O)c1cc2c3c(c(N)nc2cc1F)COC3. The van der Waals surface area contributed by atoms with Crippen molar-refractivity contribution < 1.29 is 18.3 Å². The molecule has 1 aliphatic heterocycles. The second kappa shape index (κ2) is 9.23. The Labute approximate surface area is 207 Å². The maximum Gasteiger partial charge on any atom is 0.257 e. The Bertz CT molecular complexity index is 1450. The molecule has 5 rings (SSSR count). The summed E-state index contributed by atoms with van der Waals surface area (Å²) in [5, 5.41) is 8.61. The number of halogens is 3. The zero-order chi connectivity index (χ0) is 24.7. The van der Waals surface area contributed by atoms with E-state index in [4.69, 9.17) is 10.5 Å². The highest BCUT2D eigenvalue weighted by Crippen LogP contribution is 2.33. The lowest BCUT2D eigenvalue weighted by atomic mass is 10.0. The summed E-state index contributed by atoms with van der Waals surface area (Å²) in [4.78, 5) is 23.5. The average molecular weight is 541 g/mol. The number of fused-ring (bicyclic) bond motifs is 3. The molecule has 0 saturated carbocycles. The quantitative estimate of drug-likeness (QED) is 0.397. The maximum atomic E-state index is 15.3. The van der Waals surface area contributed by atoms with Crippen molar-refractivity contribution in [2.45, 2.75) is 32.7 Å². The van der Waals surface area contributed by atoms with Gasteiger partial charge in [0.1, 0.15) is 22.1 Å². The number of nitrogens with zero attached hydrogens (tertiary/aromatic N) is 5. The van der Waals surface area contributed by atoms with Crippen LogP contribution in [0.4, 0.5) is 14.6 Å². The Hall–Kier alpha value is -3.57. The molecule has 0 saturated heterocycles. The number of nitrogen functional groups attached to an aromatic ring is 1. The first-order chi connectivity index (χ1) is 16.8. The minimum atomic E-state index is -0.831. The summed E-state index contributed by atoms with van der Waals surface area (Å²) in [6.07, 6.45) is 1.44. The van der Waals surface area contributed by atoms with Crippen LogP contribution in [-0.2, 0) is 24.5 Å². The molecule has 3 aromatic heterocycles. The van der Waals surface area contributed by atoms with Gasteiger partial charge in [-0.15, -0.1) is 5.10 Å². The molecule has 0 bridgehead atoms. The van der Waals surface area contributed by atoms with Gasteiger partial charge in [0, 0.05) is 23.2 Å². The summed E-state index contributed by atoms with van der Waals surface area (Å²) in [5.74, 6) is -1.73. The smallest absolute Gasteiger partial charge is 0.257 e. The van der Waals surface area contributed by atoms with E-state index in [1.807, 2.05) is 0 Å². The second-order valence-electron chi connectivity index (χ2n) is 8.12.